The van der Waals surface area contributed by atoms with Gasteiger partial charge in [0.15, 0.2) is 10.9 Å². The third-order valence-corrected chi connectivity index (χ3v) is 6.00. The van der Waals surface area contributed by atoms with Crippen LogP contribution in [0.5, 0.6) is 0 Å². The van der Waals surface area contributed by atoms with Crippen molar-refractivity contribution in [1.82, 2.24) is 30.3 Å². The van der Waals surface area contributed by atoms with Crippen molar-refractivity contribution in [1.29, 1.82) is 0 Å². The fourth-order valence-electron chi connectivity index (χ4n) is 3.34. The van der Waals surface area contributed by atoms with Crippen molar-refractivity contribution >= 4 is 29.3 Å². The molecule has 0 unspecified atom stereocenters. The number of aromatic nitrogens is 5. The topological polar surface area (TPSA) is 85.6 Å². The van der Waals surface area contributed by atoms with Crippen LogP contribution in [0.15, 0.2) is 65.8 Å². The van der Waals surface area contributed by atoms with E-state index in [1.807, 2.05) is 62.4 Å². The fraction of sp³-hybridized carbons (Fsp3) is 0.208. The van der Waals surface area contributed by atoms with E-state index in [4.69, 9.17) is 11.6 Å². The van der Waals surface area contributed by atoms with Crippen molar-refractivity contribution in [3.05, 3.63) is 94.0 Å². The van der Waals surface area contributed by atoms with Crippen LogP contribution < -0.4 is 5.32 Å². The standard InChI is InChI=1S/C24H23ClN6OS/c1-16-14-17(2)28-24(27-16)33-15-21-22(23(32)26-13-12-18-6-4-3-5-7-18)29-30-31(21)20-10-8-19(25)9-11-20/h3-11,14H,12-13,15H2,1-2H3,(H,26,32). The fourth-order valence-corrected chi connectivity index (χ4v) is 4.40. The van der Waals surface area contributed by atoms with Crippen molar-refractivity contribution in [2.24, 2.45) is 0 Å². The molecule has 0 fully saturated rings. The van der Waals surface area contributed by atoms with Crippen LogP contribution in [0.25, 0.3) is 5.69 Å². The number of amides is 1. The minimum absolute atomic E-state index is 0.261. The van der Waals surface area contributed by atoms with E-state index in [0.29, 0.717) is 28.2 Å². The monoisotopic (exact) mass is 478 g/mol. The van der Waals surface area contributed by atoms with Crippen LogP contribution in [-0.2, 0) is 12.2 Å². The SMILES string of the molecule is Cc1cc(C)nc(SCc2c(C(=O)NCCc3ccccc3)nnn2-c2ccc(Cl)cc2)n1. The number of carbonyl (C=O) groups is 1. The van der Waals surface area contributed by atoms with E-state index in [-0.39, 0.29) is 11.6 Å². The van der Waals surface area contributed by atoms with Crippen LogP contribution in [0.2, 0.25) is 5.02 Å². The Bertz CT molecular complexity index is 1220. The van der Waals surface area contributed by atoms with Gasteiger partial charge in [-0.1, -0.05) is 58.9 Å². The summed E-state index contributed by atoms with van der Waals surface area (Å²) in [6.45, 7) is 4.37. The quantitative estimate of drug-likeness (QED) is 0.294. The van der Waals surface area contributed by atoms with Gasteiger partial charge in [0.1, 0.15) is 0 Å². The van der Waals surface area contributed by atoms with Crippen LogP contribution in [0, 0.1) is 13.8 Å². The Balaban J connectivity index is 1.56. The van der Waals surface area contributed by atoms with Gasteiger partial charge in [0.05, 0.1) is 11.4 Å². The lowest BCUT2D eigenvalue weighted by Crippen LogP contribution is -2.27. The van der Waals surface area contributed by atoms with Crippen molar-refractivity contribution in [2.45, 2.75) is 31.2 Å². The number of nitrogens with one attached hydrogen (secondary N) is 1. The van der Waals surface area contributed by atoms with Gasteiger partial charge in [-0.05, 0) is 56.2 Å². The minimum Gasteiger partial charge on any atom is -0.350 e. The molecule has 0 atom stereocenters. The van der Waals surface area contributed by atoms with E-state index in [2.05, 4.69) is 25.6 Å². The van der Waals surface area contributed by atoms with Gasteiger partial charge in [0.25, 0.3) is 5.91 Å². The number of benzene rings is 2. The van der Waals surface area contributed by atoms with Gasteiger partial charge in [-0.2, -0.15) is 0 Å². The smallest absolute Gasteiger partial charge is 0.273 e. The number of aryl methyl sites for hydroxylation is 2. The second-order valence-corrected chi connectivity index (χ2v) is 8.87. The maximum atomic E-state index is 13.0. The van der Waals surface area contributed by atoms with Crippen molar-refractivity contribution in [2.75, 3.05) is 6.54 Å². The van der Waals surface area contributed by atoms with Crippen LogP contribution in [0.3, 0.4) is 0 Å². The number of hydrogen-bond donors (Lipinski definition) is 1. The Hall–Kier alpha value is -3.23. The number of carbonyl (C=O) groups excluding carboxylic acids is 1. The van der Waals surface area contributed by atoms with E-state index < -0.39 is 0 Å². The average Bonchev–Trinajstić information content (AvgIpc) is 3.22. The summed E-state index contributed by atoms with van der Waals surface area (Å²) in [6, 6.07) is 19.2. The van der Waals surface area contributed by atoms with Crippen LogP contribution in [-0.4, -0.2) is 37.4 Å². The first kappa shape index (κ1) is 22.9. The molecule has 1 amide bonds. The molecule has 1 N–H and O–H groups in total. The highest BCUT2D eigenvalue weighted by atomic mass is 35.5. The summed E-state index contributed by atoms with van der Waals surface area (Å²) in [5.41, 5.74) is 4.68. The summed E-state index contributed by atoms with van der Waals surface area (Å²) < 4.78 is 1.66. The number of halogens is 1. The molecule has 4 rings (SSSR count). The molecule has 2 aromatic heterocycles. The number of hydrogen-bond acceptors (Lipinski definition) is 6. The first-order chi connectivity index (χ1) is 16.0. The maximum Gasteiger partial charge on any atom is 0.273 e. The summed E-state index contributed by atoms with van der Waals surface area (Å²) in [4.78, 5) is 22.0. The van der Waals surface area contributed by atoms with E-state index in [1.54, 1.807) is 16.8 Å². The maximum absolute atomic E-state index is 13.0. The highest BCUT2D eigenvalue weighted by Gasteiger charge is 2.21. The minimum atomic E-state index is -0.261. The largest absolute Gasteiger partial charge is 0.350 e. The summed E-state index contributed by atoms with van der Waals surface area (Å²) in [5.74, 6) is 0.169. The predicted molar refractivity (Wildman–Crippen MR) is 130 cm³/mol. The van der Waals surface area contributed by atoms with Gasteiger partial charge in [-0.25, -0.2) is 14.6 Å². The first-order valence-corrected chi connectivity index (χ1v) is 11.8. The molecule has 7 nitrogen and oxygen atoms in total. The zero-order valence-corrected chi connectivity index (χ0v) is 19.9. The second-order valence-electron chi connectivity index (χ2n) is 7.49. The Morgan fingerprint density at radius 1 is 1.03 bits per heavy atom. The molecule has 0 aliphatic rings. The summed E-state index contributed by atoms with van der Waals surface area (Å²) >= 11 is 7.48. The average molecular weight is 479 g/mol. The second kappa shape index (κ2) is 10.6. The Kier molecular flexibility index (Phi) is 7.36. The van der Waals surface area contributed by atoms with Crippen molar-refractivity contribution in [3.8, 4) is 5.69 Å². The third kappa shape index (κ3) is 5.97. The molecule has 0 aliphatic heterocycles. The van der Waals surface area contributed by atoms with Crippen LogP contribution in [0.4, 0.5) is 0 Å². The van der Waals surface area contributed by atoms with Crippen LogP contribution >= 0.6 is 23.4 Å². The van der Waals surface area contributed by atoms with Gasteiger partial charge < -0.3 is 5.32 Å². The predicted octanol–water partition coefficient (Wildman–Crippen LogP) is 4.59. The zero-order valence-electron chi connectivity index (χ0n) is 18.3. The number of thioether (sulfide) groups is 1. The van der Waals surface area contributed by atoms with E-state index in [1.165, 1.54) is 11.8 Å². The molecule has 168 valence electrons. The molecule has 0 saturated heterocycles. The van der Waals surface area contributed by atoms with Gasteiger partial charge >= 0.3 is 0 Å². The lowest BCUT2D eigenvalue weighted by molar-refractivity contribution is 0.0948. The Morgan fingerprint density at radius 3 is 2.42 bits per heavy atom. The van der Waals surface area contributed by atoms with Crippen molar-refractivity contribution < 1.29 is 4.79 Å². The highest BCUT2D eigenvalue weighted by molar-refractivity contribution is 7.98. The van der Waals surface area contributed by atoms with Gasteiger partial charge in [-0.15, -0.1) is 5.10 Å². The molecule has 0 radical (unpaired) electrons. The molecule has 0 saturated carbocycles. The van der Waals surface area contributed by atoms with Gasteiger partial charge in [0, 0.05) is 28.7 Å². The normalized spacial score (nSPS) is 10.9. The Morgan fingerprint density at radius 2 is 1.73 bits per heavy atom. The molecule has 33 heavy (non-hydrogen) atoms. The number of rotatable bonds is 8. The lowest BCUT2D eigenvalue weighted by atomic mass is 10.1. The molecule has 9 heteroatoms. The summed E-state index contributed by atoms with van der Waals surface area (Å²) in [5, 5.41) is 12.7. The van der Waals surface area contributed by atoms with E-state index in [9.17, 15) is 4.79 Å². The highest BCUT2D eigenvalue weighted by Crippen LogP contribution is 2.24. The van der Waals surface area contributed by atoms with Crippen molar-refractivity contribution in [3.63, 3.8) is 0 Å². The first-order valence-electron chi connectivity index (χ1n) is 10.5. The van der Waals surface area contributed by atoms with Gasteiger partial charge in [-0.3, -0.25) is 4.79 Å². The summed E-state index contributed by atoms with van der Waals surface area (Å²) in [6.07, 6.45) is 0.735. The number of nitrogens with zero attached hydrogens (tertiary/aromatic N) is 5. The molecule has 0 aliphatic carbocycles. The van der Waals surface area contributed by atoms with Crippen LogP contribution in [0.1, 0.15) is 33.1 Å². The summed E-state index contributed by atoms with van der Waals surface area (Å²) in [7, 11) is 0. The zero-order chi connectivity index (χ0) is 23.2. The molecule has 2 heterocycles. The molecule has 4 aromatic rings. The van der Waals surface area contributed by atoms with Gasteiger partial charge in [0.2, 0.25) is 0 Å². The van der Waals surface area contributed by atoms with E-state index >= 15 is 0 Å². The molecule has 2 aromatic carbocycles. The lowest BCUT2D eigenvalue weighted by Gasteiger charge is -2.09. The molecule has 0 bridgehead atoms. The third-order valence-electron chi connectivity index (χ3n) is 4.89. The molecular formula is C24H23ClN6OS. The Labute approximate surface area is 201 Å². The molecular weight excluding hydrogens is 456 g/mol. The van der Waals surface area contributed by atoms with E-state index in [0.717, 1.165) is 29.1 Å². The molecule has 0 spiro atoms.